The van der Waals surface area contributed by atoms with Gasteiger partial charge in [0, 0.05) is 13.2 Å². The smallest absolute Gasteiger partial charge is 0.335 e. The molecule has 1 aromatic rings. The number of rotatable bonds is 4. The Kier molecular flexibility index (Phi) is 4.21. The third-order valence-corrected chi connectivity index (χ3v) is 5.44. The molecular formula is C13H16O5S. The molecule has 0 unspecified atom stereocenters. The number of hydrogen-bond acceptors (Lipinski definition) is 4. The molecule has 104 valence electrons. The first kappa shape index (κ1) is 14.0. The highest BCUT2D eigenvalue weighted by atomic mass is 32.2. The van der Waals surface area contributed by atoms with Gasteiger partial charge in [0.25, 0.3) is 0 Å². The number of benzene rings is 1. The second-order valence-corrected chi connectivity index (χ2v) is 6.91. The van der Waals surface area contributed by atoms with Crippen LogP contribution in [0.4, 0.5) is 0 Å². The Morgan fingerprint density at radius 1 is 1.32 bits per heavy atom. The lowest BCUT2D eigenvalue weighted by atomic mass is 10.1. The number of carboxylic acids is 1. The second-order valence-electron chi connectivity index (χ2n) is 4.62. The van der Waals surface area contributed by atoms with Crippen molar-refractivity contribution in [1.29, 1.82) is 0 Å². The van der Waals surface area contributed by atoms with E-state index in [2.05, 4.69) is 0 Å². The Labute approximate surface area is 112 Å². The first-order chi connectivity index (χ1) is 8.99. The highest BCUT2D eigenvalue weighted by Gasteiger charge is 2.27. The molecule has 1 saturated heterocycles. The van der Waals surface area contributed by atoms with E-state index in [4.69, 9.17) is 9.84 Å². The number of hydrogen-bond donors (Lipinski definition) is 1. The van der Waals surface area contributed by atoms with Gasteiger partial charge in [-0.05, 0) is 30.5 Å². The average molecular weight is 284 g/mol. The van der Waals surface area contributed by atoms with Gasteiger partial charge in [0.15, 0.2) is 9.84 Å². The van der Waals surface area contributed by atoms with E-state index in [9.17, 15) is 13.2 Å². The van der Waals surface area contributed by atoms with Crippen LogP contribution in [0, 0.1) is 0 Å². The van der Waals surface area contributed by atoms with E-state index in [-0.39, 0.29) is 16.6 Å². The van der Waals surface area contributed by atoms with Crippen LogP contribution < -0.4 is 0 Å². The molecular weight excluding hydrogens is 268 g/mol. The molecule has 5 nitrogen and oxygen atoms in total. The number of sulfone groups is 1. The number of carbonyl (C=O) groups is 1. The van der Waals surface area contributed by atoms with Crippen molar-refractivity contribution in [2.75, 3.05) is 13.2 Å². The standard InChI is InChI=1S/C13H16O5S/c14-13(15)11-3-1-2-10(8-11)9-19(16,17)12-4-6-18-7-5-12/h1-3,8,12H,4-7,9H2,(H,14,15). The first-order valence-corrected chi connectivity index (χ1v) is 7.82. The van der Waals surface area contributed by atoms with Gasteiger partial charge in [-0.15, -0.1) is 0 Å². The molecule has 6 heteroatoms. The molecule has 1 aromatic carbocycles. The minimum atomic E-state index is -3.25. The third kappa shape index (κ3) is 3.54. The Morgan fingerprint density at radius 2 is 2.00 bits per heavy atom. The zero-order valence-corrected chi connectivity index (χ0v) is 11.2. The van der Waals surface area contributed by atoms with Crippen molar-refractivity contribution in [2.24, 2.45) is 0 Å². The lowest BCUT2D eigenvalue weighted by Crippen LogP contribution is -2.29. The predicted molar refractivity (Wildman–Crippen MR) is 69.9 cm³/mol. The maximum Gasteiger partial charge on any atom is 0.335 e. The van der Waals surface area contributed by atoms with E-state index < -0.39 is 15.8 Å². The highest BCUT2D eigenvalue weighted by molar-refractivity contribution is 7.91. The Hall–Kier alpha value is -1.40. The van der Waals surface area contributed by atoms with E-state index in [1.165, 1.54) is 12.1 Å². The summed E-state index contributed by atoms with van der Waals surface area (Å²) < 4.78 is 29.6. The second kappa shape index (κ2) is 5.71. The molecule has 1 heterocycles. The molecule has 1 fully saturated rings. The van der Waals surface area contributed by atoms with Crippen molar-refractivity contribution in [3.8, 4) is 0 Å². The zero-order chi connectivity index (χ0) is 13.9. The maximum atomic E-state index is 12.2. The Morgan fingerprint density at radius 3 is 2.63 bits per heavy atom. The molecule has 0 aliphatic carbocycles. The minimum absolute atomic E-state index is 0.111. The molecule has 0 spiro atoms. The van der Waals surface area contributed by atoms with E-state index in [0.29, 0.717) is 31.6 Å². The SMILES string of the molecule is O=C(O)c1cccc(CS(=O)(=O)C2CCOCC2)c1. The van der Waals surface area contributed by atoms with Gasteiger partial charge in [-0.1, -0.05) is 12.1 Å². The molecule has 1 aliphatic heterocycles. The van der Waals surface area contributed by atoms with Crippen LogP contribution in [0.25, 0.3) is 0 Å². The molecule has 2 rings (SSSR count). The molecule has 0 saturated carbocycles. The summed E-state index contributed by atoms with van der Waals surface area (Å²) in [6, 6.07) is 6.08. The molecule has 0 aromatic heterocycles. The zero-order valence-electron chi connectivity index (χ0n) is 10.4. The normalized spacial score (nSPS) is 17.3. The van der Waals surface area contributed by atoms with E-state index in [1.54, 1.807) is 12.1 Å². The van der Waals surface area contributed by atoms with Crippen LogP contribution in [-0.4, -0.2) is 38.0 Å². The molecule has 0 amide bonds. The molecule has 1 aliphatic rings. The van der Waals surface area contributed by atoms with Crippen LogP contribution in [-0.2, 0) is 20.3 Å². The van der Waals surface area contributed by atoms with Crippen LogP contribution in [0.5, 0.6) is 0 Å². The van der Waals surface area contributed by atoms with Gasteiger partial charge in [-0.2, -0.15) is 0 Å². The predicted octanol–water partition coefficient (Wildman–Crippen LogP) is 1.48. The summed E-state index contributed by atoms with van der Waals surface area (Å²) in [6.45, 7) is 0.943. The highest BCUT2D eigenvalue weighted by Crippen LogP contribution is 2.20. The fourth-order valence-electron chi connectivity index (χ4n) is 2.18. The maximum absolute atomic E-state index is 12.2. The van der Waals surface area contributed by atoms with Crippen molar-refractivity contribution in [3.05, 3.63) is 35.4 Å². The Bertz CT molecular complexity index is 558. The number of aromatic carboxylic acids is 1. The number of carboxylic acid groups (broad SMARTS) is 1. The van der Waals surface area contributed by atoms with Crippen molar-refractivity contribution in [2.45, 2.75) is 23.8 Å². The monoisotopic (exact) mass is 284 g/mol. The van der Waals surface area contributed by atoms with Crippen molar-refractivity contribution < 1.29 is 23.1 Å². The van der Waals surface area contributed by atoms with E-state index in [1.807, 2.05) is 0 Å². The summed E-state index contributed by atoms with van der Waals surface area (Å²) in [6.07, 6.45) is 1.03. The number of ether oxygens (including phenoxy) is 1. The van der Waals surface area contributed by atoms with Gasteiger partial charge in [-0.3, -0.25) is 0 Å². The molecule has 0 bridgehead atoms. The van der Waals surface area contributed by atoms with Gasteiger partial charge in [0.2, 0.25) is 0 Å². The summed E-state index contributed by atoms with van der Waals surface area (Å²) in [7, 11) is -3.25. The van der Waals surface area contributed by atoms with Crippen LogP contribution in [0.15, 0.2) is 24.3 Å². The molecule has 0 radical (unpaired) electrons. The van der Waals surface area contributed by atoms with Gasteiger partial charge < -0.3 is 9.84 Å². The fraction of sp³-hybridized carbons (Fsp3) is 0.462. The minimum Gasteiger partial charge on any atom is -0.478 e. The largest absolute Gasteiger partial charge is 0.478 e. The summed E-state index contributed by atoms with van der Waals surface area (Å²) in [5.41, 5.74) is 0.631. The van der Waals surface area contributed by atoms with E-state index in [0.717, 1.165) is 0 Å². The van der Waals surface area contributed by atoms with Gasteiger partial charge in [-0.25, -0.2) is 13.2 Å². The third-order valence-electron chi connectivity index (χ3n) is 3.22. The fourth-order valence-corrected chi connectivity index (χ4v) is 3.97. The summed E-state index contributed by atoms with van der Waals surface area (Å²) in [5, 5.41) is 8.51. The molecule has 0 atom stereocenters. The van der Waals surface area contributed by atoms with Crippen LogP contribution in [0.2, 0.25) is 0 Å². The van der Waals surface area contributed by atoms with Crippen molar-refractivity contribution in [1.82, 2.24) is 0 Å². The Balaban J connectivity index is 2.15. The van der Waals surface area contributed by atoms with Gasteiger partial charge in [0.1, 0.15) is 0 Å². The van der Waals surface area contributed by atoms with Crippen molar-refractivity contribution in [3.63, 3.8) is 0 Å². The van der Waals surface area contributed by atoms with Crippen molar-refractivity contribution >= 4 is 15.8 Å². The summed E-state index contributed by atoms with van der Waals surface area (Å²) in [4.78, 5) is 10.9. The van der Waals surface area contributed by atoms with E-state index >= 15 is 0 Å². The summed E-state index contributed by atoms with van der Waals surface area (Å²) in [5.74, 6) is -1.16. The quantitative estimate of drug-likeness (QED) is 0.905. The molecule has 1 N–H and O–H groups in total. The van der Waals surface area contributed by atoms with Crippen LogP contribution in [0.1, 0.15) is 28.8 Å². The van der Waals surface area contributed by atoms with Gasteiger partial charge in [0.05, 0.1) is 16.6 Å². The van der Waals surface area contributed by atoms with Crippen LogP contribution in [0.3, 0.4) is 0 Å². The summed E-state index contributed by atoms with van der Waals surface area (Å²) >= 11 is 0. The molecule has 19 heavy (non-hydrogen) atoms. The lowest BCUT2D eigenvalue weighted by molar-refractivity contribution is 0.0696. The lowest BCUT2D eigenvalue weighted by Gasteiger charge is -2.22. The average Bonchev–Trinajstić information content (AvgIpc) is 2.39. The topological polar surface area (TPSA) is 80.7 Å². The van der Waals surface area contributed by atoms with Gasteiger partial charge >= 0.3 is 5.97 Å². The first-order valence-electron chi connectivity index (χ1n) is 6.10. The van der Waals surface area contributed by atoms with Crippen LogP contribution >= 0.6 is 0 Å².